The van der Waals surface area contributed by atoms with Gasteiger partial charge in [0, 0.05) is 36.4 Å². The van der Waals surface area contributed by atoms with Gasteiger partial charge in [-0.1, -0.05) is 34.1 Å². The number of nitrogens with zero attached hydrogens (tertiary/aromatic N) is 1. The normalized spacial score (nSPS) is 11.5. The second-order valence-electron chi connectivity index (χ2n) is 5.68. The third-order valence-electron chi connectivity index (χ3n) is 4.18. The maximum absolute atomic E-state index is 4.48. The van der Waals surface area contributed by atoms with E-state index in [1.807, 2.05) is 35.9 Å². The summed E-state index contributed by atoms with van der Waals surface area (Å²) in [6.45, 7) is 0. The van der Waals surface area contributed by atoms with Gasteiger partial charge in [-0.3, -0.25) is 0 Å². The second kappa shape index (κ2) is 5.33. The van der Waals surface area contributed by atoms with Gasteiger partial charge in [0.05, 0.1) is 17.6 Å². The Balaban J connectivity index is 1.64. The number of aromatic nitrogens is 3. The Morgan fingerprint density at radius 1 is 0.917 bits per heavy atom. The molecule has 0 bridgehead atoms. The molecule has 0 spiro atoms. The molecule has 0 aliphatic rings. The van der Waals surface area contributed by atoms with Gasteiger partial charge < -0.3 is 9.97 Å². The van der Waals surface area contributed by atoms with Gasteiger partial charge in [-0.05, 0) is 30.3 Å². The Kier molecular flexibility index (Phi) is 3.11. The standard InChI is InChI=1S/C19H12BrN3S/c20-12-4-6-14-13-5-3-11(8-17(13)24-18(14)9-12)16-10-22-19(23-16)15-2-1-7-21-15/h1-10,21H,(H,22,23). The number of hydrogen-bond donors (Lipinski definition) is 2. The highest BCUT2D eigenvalue weighted by Crippen LogP contribution is 2.37. The number of H-pyrrole nitrogens is 2. The number of hydrogen-bond acceptors (Lipinski definition) is 2. The average molecular weight is 394 g/mol. The van der Waals surface area contributed by atoms with Crippen molar-refractivity contribution in [3.8, 4) is 22.8 Å². The van der Waals surface area contributed by atoms with Gasteiger partial charge in [-0.25, -0.2) is 4.98 Å². The fourth-order valence-corrected chi connectivity index (χ4v) is 4.70. The lowest BCUT2D eigenvalue weighted by molar-refractivity contribution is 1.26. The van der Waals surface area contributed by atoms with Crippen LogP contribution < -0.4 is 0 Å². The molecule has 2 N–H and O–H groups in total. The molecule has 0 unspecified atom stereocenters. The van der Waals surface area contributed by atoms with Gasteiger partial charge in [0.2, 0.25) is 0 Å². The minimum atomic E-state index is 0.857. The summed E-state index contributed by atoms with van der Waals surface area (Å²) < 4.78 is 3.70. The highest BCUT2D eigenvalue weighted by molar-refractivity contribution is 9.10. The quantitative estimate of drug-likeness (QED) is 0.368. The minimum absolute atomic E-state index is 0.857. The smallest absolute Gasteiger partial charge is 0.154 e. The van der Waals surface area contributed by atoms with E-state index in [1.54, 1.807) is 0 Å². The zero-order chi connectivity index (χ0) is 16.1. The Labute approximate surface area is 150 Å². The predicted molar refractivity (Wildman–Crippen MR) is 104 cm³/mol. The van der Waals surface area contributed by atoms with Crippen molar-refractivity contribution in [3.63, 3.8) is 0 Å². The maximum Gasteiger partial charge on any atom is 0.154 e. The fourth-order valence-electron chi connectivity index (χ4n) is 3.00. The van der Waals surface area contributed by atoms with Crippen molar-refractivity contribution in [1.29, 1.82) is 0 Å². The highest BCUT2D eigenvalue weighted by atomic mass is 79.9. The summed E-state index contributed by atoms with van der Waals surface area (Å²) in [5.74, 6) is 0.857. The predicted octanol–water partition coefficient (Wildman–Crippen LogP) is 6.20. The van der Waals surface area contributed by atoms with Crippen LogP contribution in [0.3, 0.4) is 0 Å². The van der Waals surface area contributed by atoms with E-state index in [1.165, 1.54) is 20.2 Å². The van der Waals surface area contributed by atoms with E-state index in [4.69, 9.17) is 0 Å². The number of aromatic amines is 2. The van der Waals surface area contributed by atoms with Gasteiger partial charge in [0.1, 0.15) is 0 Å². The van der Waals surface area contributed by atoms with E-state index in [0.29, 0.717) is 0 Å². The molecule has 3 aromatic heterocycles. The molecule has 5 heteroatoms. The number of imidazole rings is 1. The summed E-state index contributed by atoms with van der Waals surface area (Å²) in [5.41, 5.74) is 3.17. The molecule has 0 aliphatic carbocycles. The van der Waals surface area contributed by atoms with E-state index < -0.39 is 0 Å². The molecule has 0 aliphatic heterocycles. The van der Waals surface area contributed by atoms with Gasteiger partial charge >= 0.3 is 0 Å². The molecule has 0 atom stereocenters. The van der Waals surface area contributed by atoms with E-state index in [-0.39, 0.29) is 0 Å². The number of nitrogens with one attached hydrogen (secondary N) is 2. The molecule has 24 heavy (non-hydrogen) atoms. The van der Waals surface area contributed by atoms with Crippen molar-refractivity contribution in [2.24, 2.45) is 0 Å². The Bertz CT molecular complexity index is 1170. The topological polar surface area (TPSA) is 44.5 Å². The summed E-state index contributed by atoms with van der Waals surface area (Å²) in [7, 11) is 0. The molecule has 0 radical (unpaired) electrons. The number of rotatable bonds is 2. The average Bonchev–Trinajstić information content (AvgIpc) is 3.32. The number of thiophene rings is 1. The van der Waals surface area contributed by atoms with Crippen LogP contribution >= 0.6 is 27.3 Å². The first-order chi connectivity index (χ1) is 11.8. The first-order valence-electron chi connectivity index (χ1n) is 7.59. The third-order valence-corrected chi connectivity index (χ3v) is 5.78. The molecule has 3 nitrogen and oxygen atoms in total. The van der Waals surface area contributed by atoms with Crippen molar-refractivity contribution in [1.82, 2.24) is 15.0 Å². The van der Waals surface area contributed by atoms with E-state index in [0.717, 1.165) is 27.2 Å². The zero-order valence-corrected chi connectivity index (χ0v) is 14.9. The van der Waals surface area contributed by atoms with Crippen LogP contribution in [-0.4, -0.2) is 15.0 Å². The summed E-state index contributed by atoms with van der Waals surface area (Å²) >= 11 is 5.37. The summed E-state index contributed by atoms with van der Waals surface area (Å²) in [6.07, 6.45) is 3.79. The number of benzene rings is 2. The Hall–Kier alpha value is -2.37. The zero-order valence-electron chi connectivity index (χ0n) is 12.5. The number of halogens is 1. The second-order valence-corrected chi connectivity index (χ2v) is 7.68. The van der Waals surface area contributed by atoms with Crippen LogP contribution in [0.2, 0.25) is 0 Å². The molecule has 0 fully saturated rings. The summed E-state index contributed by atoms with van der Waals surface area (Å²) in [6, 6.07) is 17.0. The largest absolute Gasteiger partial charge is 0.359 e. The highest BCUT2D eigenvalue weighted by Gasteiger charge is 2.09. The lowest BCUT2D eigenvalue weighted by Gasteiger charge is -1.98. The molecule has 5 rings (SSSR count). The van der Waals surface area contributed by atoms with Crippen molar-refractivity contribution >= 4 is 47.4 Å². The van der Waals surface area contributed by atoms with E-state index in [9.17, 15) is 0 Å². The number of fused-ring (bicyclic) bond motifs is 3. The van der Waals surface area contributed by atoms with Crippen LogP contribution in [0.15, 0.2) is 65.4 Å². The van der Waals surface area contributed by atoms with Crippen molar-refractivity contribution in [2.75, 3.05) is 0 Å². The molecule has 2 aromatic carbocycles. The molecule has 3 heterocycles. The van der Waals surface area contributed by atoms with Crippen LogP contribution in [0, 0.1) is 0 Å². The molecular formula is C19H12BrN3S. The molecule has 0 amide bonds. The van der Waals surface area contributed by atoms with Gasteiger partial charge in [-0.2, -0.15) is 0 Å². The molecule has 116 valence electrons. The summed E-state index contributed by atoms with van der Waals surface area (Å²) in [4.78, 5) is 11.0. The lowest BCUT2D eigenvalue weighted by atomic mass is 10.1. The van der Waals surface area contributed by atoms with Crippen LogP contribution in [-0.2, 0) is 0 Å². The third kappa shape index (κ3) is 2.20. The van der Waals surface area contributed by atoms with Crippen LogP contribution in [0.25, 0.3) is 42.9 Å². The summed E-state index contributed by atoms with van der Waals surface area (Å²) in [5, 5.41) is 2.61. The molecule has 5 aromatic rings. The van der Waals surface area contributed by atoms with Gasteiger partial charge in [0.25, 0.3) is 0 Å². The molecular weight excluding hydrogens is 382 g/mol. The SMILES string of the molecule is Brc1ccc2c(c1)sc1cc(-c3cnc(-c4ccc[nH]4)[nH]3)ccc12. The van der Waals surface area contributed by atoms with Gasteiger partial charge in [0.15, 0.2) is 5.82 Å². The van der Waals surface area contributed by atoms with Crippen molar-refractivity contribution < 1.29 is 0 Å². The Morgan fingerprint density at radius 2 is 1.75 bits per heavy atom. The van der Waals surface area contributed by atoms with E-state index in [2.05, 4.69) is 67.3 Å². The van der Waals surface area contributed by atoms with Crippen LogP contribution in [0.1, 0.15) is 0 Å². The maximum atomic E-state index is 4.48. The molecule has 0 saturated heterocycles. The lowest BCUT2D eigenvalue weighted by Crippen LogP contribution is -1.80. The molecule has 0 saturated carbocycles. The van der Waals surface area contributed by atoms with Gasteiger partial charge in [-0.15, -0.1) is 11.3 Å². The van der Waals surface area contributed by atoms with Crippen LogP contribution in [0.4, 0.5) is 0 Å². The van der Waals surface area contributed by atoms with Crippen molar-refractivity contribution in [3.05, 3.63) is 65.4 Å². The monoisotopic (exact) mass is 393 g/mol. The first-order valence-corrected chi connectivity index (χ1v) is 9.20. The fraction of sp³-hybridized carbons (Fsp3) is 0. The van der Waals surface area contributed by atoms with E-state index >= 15 is 0 Å². The minimum Gasteiger partial charge on any atom is -0.359 e. The van der Waals surface area contributed by atoms with Crippen molar-refractivity contribution in [2.45, 2.75) is 0 Å². The van der Waals surface area contributed by atoms with Crippen LogP contribution in [0.5, 0.6) is 0 Å². The Morgan fingerprint density at radius 3 is 2.58 bits per heavy atom. The first kappa shape index (κ1) is 14.0.